The predicted molar refractivity (Wildman–Crippen MR) is 80.7 cm³/mol. The van der Waals surface area contributed by atoms with Crippen LogP contribution in [0.2, 0.25) is 0 Å². The molecule has 1 aromatic rings. The van der Waals surface area contributed by atoms with Crippen LogP contribution in [0.1, 0.15) is 25.0 Å². The van der Waals surface area contributed by atoms with E-state index in [4.69, 9.17) is 10.5 Å². The maximum absolute atomic E-state index is 12.5. The first-order chi connectivity index (χ1) is 9.40. The molecular formula is C14H24N2O3S. The number of nitrogens with two attached hydrogens (primary N) is 1. The molecule has 6 heteroatoms. The molecule has 0 aliphatic heterocycles. The number of methoxy groups -OCH3 is 1. The molecule has 0 aromatic heterocycles. The lowest BCUT2D eigenvalue weighted by molar-refractivity contribution is 0.171. The van der Waals surface area contributed by atoms with Gasteiger partial charge in [0, 0.05) is 26.2 Å². The molecule has 20 heavy (non-hydrogen) atoms. The molecular weight excluding hydrogens is 276 g/mol. The normalized spacial score (nSPS) is 12.3. The summed E-state index contributed by atoms with van der Waals surface area (Å²) in [4.78, 5) is 0. The van der Waals surface area contributed by atoms with Crippen LogP contribution in [0.15, 0.2) is 24.3 Å². The van der Waals surface area contributed by atoms with E-state index < -0.39 is 10.0 Å². The number of benzene rings is 1. The zero-order valence-corrected chi connectivity index (χ0v) is 13.2. The molecule has 0 fully saturated rings. The Morgan fingerprint density at radius 3 is 2.50 bits per heavy atom. The van der Waals surface area contributed by atoms with Crippen LogP contribution in [-0.2, 0) is 27.1 Å². The van der Waals surface area contributed by atoms with Gasteiger partial charge in [-0.15, -0.1) is 0 Å². The zero-order valence-electron chi connectivity index (χ0n) is 12.4. The van der Waals surface area contributed by atoms with Gasteiger partial charge in [0.05, 0.1) is 12.4 Å². The second-order valence-corrected chi connectivity index (χ2v) is 6.90. The smallest absolute Gasteiger partial charge is 0.218 e. The molecule has 0 atom stereocenters. The molecule has 1 rings (SSSR count). The van der Waals surface area contributed by atoms with Crippen molar-refractivity contribution in [2.24, 2.45) is 5.73 Å². The molecule has 0 bridgehead atoms. The fourth-order valence-corrected chi connectivity index (χ4v) is 3.80. The van der Waals surface area contributed by atoms with Gasteiger partial charge in [0.15, 0.2) is 0 Å². The lowest BCUT2D eigenvalue weighted by atomic mass is 10.1. The van der Waals surface area contributed by atoms with Gasteiger partial charge in [-0.3, -0.25) is 0 Å². The van der Waals surface area contributed by atoms with E-state index in [1.54, 1.807) is 7.11 Å². The van der Waals surface area contributed by atoms with E-state index in [1.807, 2.05) is 38.1 Å². The van der Waals surface area contributed by atoms with E-state index in [9.17, 15) is 8.42 Å². The summed E-state index contributed by atoms with van der Waals surface area (Å²) in [5.74, 6) is -0.0112. The molecule has 0 spiro atoms. The highest BCUT2D eigenvalue weighted by Gasteiger charge is 2.24. The zero-order chi connectivity index (χ0) is 15.2. The standard InChI is InChI=1S/C14H24N2O3S/c1-12(2)16(7-8-19-3)20(17,18)11-14-6-4-5-13(9-14)10-15/h4-6,9,12H,7-8,10-11,15H2,1-3H3. The summed E-state index contributed by atoms with van der Waals surface area (Å²) in [6.45, 7) is 4.89. The van der Waals surface area contributed by atoms with E-state index in [0.717, 1.165) is 11.1 Å². The van der Waals surface area contributed by atoms with Gasteiger partial charge >= 0.3 is 0 Å². The lowest BCUT2D eigenvalue weighted by Gasteiger charge is -2.25. The van der Waals surface area contributed by atoms with Crippen molar-refractivity contribution in [3.63, 3.8) is 0 Å². The average Bonchev–Trinajstić information content (AvgIpc) is 2.38. The third kappa shape index (κ3) is 4.86. The molecule has 0 saturated carbocycles. The van der Waals surface area contributed by atoms with E-state index >= 15 is 0 Å². The fraction of sp³-hybridized carbons (Fsp3) is 0.571. The maximum atomic E-state index is 12.5. The molecule has 0 saturated heterocycles. The van der Waals surface area contributed by atoms with E-state index in [2.05, 4.69) is 0 Å². The molecule has 0 aliphatic rings. The topological polar surface area (TPSA) is 72.6 Å². The second kappa shape index (κ2) is 7.73. The second-order valence-electron chi connectivity index (χ2n) is 4.98. The first-order valence-corrected chi connectivity index (χ1v) is 8.28. The maximum Gasteiger partial charge on any atom is 0.218 e. The first kappa shape index (κ1) is 17.1. The van der Waals surface area contributed by atoms with Crippen LogP contribution >= 0.6 is 0 Å². The number of sulfonamides is 1. The van der Waals surface area contributed by atoms with Crippen molar-refractivity contribution in [1.29, 1.82) is 0 Å². The van der Waals surface area contributed by atoms with Crippen LogP contribution in [0.3, 0.4) is 0 Å². The van der Waals surface area contributed by atoms with E-state index in [1.165, 1.54) is 4.31 Å². The summed E-state index contributed by atoms with van der Waals surface area (Å²) in [6.07, 6.45) is 0. The molecule has 0 unspecified atom stereocenters. The molecule has 5 nitrogen and oxygen atoms in total. The molecule has 114 valence electrons. The highest BCUT2D eigenvalue weighted by atomic mass is 32.2. The third-order valence-electron chi connectivity index (χ3n) is 3.03. The summed E-state index contributed by atoms with van der Waals surface area (Å²) in [5.41, 5.74) is 7.28. The number of ether oxygens (including phenoxy) is 1. The predicted octanol–water partition coefficient (Wildman–Crippen LogP) is 1.33. The fourth-order valence-electron chi connectivity index (χ4n) is 2.04. The van der Waals surface area contributed by atoms with Crippen LogP contribution < -0.4 is 5.73 Å². The third-order valence-corrected chi connectivity index (χ3v) is 5.04. The van der Waals surface area contributed by atoms with Gasteiger partial charge in [0.1, 0.15) is 0 Å². The van der Waals surface area contributed by atoms with Crippen LogP contribution in [-0.4, -0.2) is 39.0 Å². The highest BCUT2D eigenvalue weighted by Crippen LogP contribution is 2.15. The number of nitrogens with zero attached hydrogens (tertiary/aromatic N) is 1. The van der Waals surface area contributed by atoms with Crippen LogP contribution in [0.4, 0.5) is 0 Å². The Labute approximate surface area is 121 Å². The minimum atomic E-state index is -3.36. The Morgan fingerprint density at radius 2 is 1.95 bits per heavy atom. The molecule has 0 aliphatic carbocycles. The van der Waals surface area contributed by atoms with Gasteiger partial charge in [-0.2, -0.15) is 4.31 Å². The summed E-state index contributed by atoms with van der Waals surface area (Å²) >= 11 is 0. The first-order valence-electron chi connectivity index (χ1n) is 6.67. The Hall–Kier alpha value is -0.950. The number of hydrogen-bond acceptors (Lipinski definition) is 4. The van der Waals surface area contributed by atoms with Crippen molar-refractivity contribution < 1.29 is 13.2 Å². The highest BCUT2D eigenvalue weighted by molar-refractivity contribution is 7.88. The monoisotopic (exact) mass is 300 g/mol. The van der Waals surface area contributed by atoms with Gasteiger partial charge in [-0.05, 0) is 25.0 Å². The van der Waals surface area contributed by atoms with Crippen molar-refractivity contribution in [1.82, 2.24) is 4.31 Å². The number of rotatable bonds is 8. The van der Waals surface area contributed by atoms with E-state index in [-0.39, 0.29) is 11.8 Å². The minimum Gasteiger partial charge on any atom is -0.383 e. The van der Waals surface area contributed by atoms with Crippen LogP contribution in [0, 0.1) is 0 Å². The minimum absolute atomic E-state index is 0.0112. The van der Waals surface area contributed by atoms with Crippen molar-refractivity contribution in [2.75, 3.05) is 20.3 Å². The Kier molecular flexibility index (Phi) is 6.61. The van der Waals surface area contributed by atoms with Crippen molar-refractivity contribution in [3.8, 4) is 0 Å². The Morgan fingerprint density at radius 1 is 1.30 bits per heavy atom. The van der Waals surface area contributed by atoms with Crippen LogP contribution in [0.25, 0.3) is 0 Å². The Balaban J connectivity index is 2.90. The summed E-state index contributed by atoms with van der Waals surface area (Å²) < 4.78 is 31.4. The summed E-state index contributed by atoms with van der Waals surface area (Å²) in [6, 6.07) is 7.29. The van der Waals surface area contributed by atoms with Gasteiger partial charge in [0.2, 0.25) is 10.0 Å². The lowest BCUT2D eigenvalue weighted by Crippen LogP contribution is -2.39. The van der Waals surface area contributed by atoms with Crippen molar-refractivity contribution in [3.05, 3.63) is 35.4 Å². The van der Waals surface area contributed by atoms with Gasteiger partial charge in [-0.25, -0.2) is 8.42 Å². The van der Waals surface area contributed by atoms with E-state index in [0.29, 0.717) is 19.7 Å². The van der Waals surface area contributed by atoms with Crippen LogP contribution in [0.5, 0.6) is 0 Å². The molecule has 0 heterocycles. The van der Waals surface area contributed by atoms with Gasteiger partial charge in [-0.1, -0.05) is 24.3 Å². The SMILES string of the molecule is COCCN(C(C)C)S(=O)(=O)Cc1cccc(CN)c1. The molecule has 1 aromatic carbocycles. The summed E-state index contributed by atoms with van der Waals surface area (Å²) in [7, 11) is -1.79. The van der Waals surface area contributed by atoms with Crippen molar-refractivity contribution >= 4 is 10.0 Å². The quantitative estimate of drug-likeness (QED) is 0.786. The van der Waals surface area contributed by atoms with Gasteiger partial charge in [0.25, 0.3) is 0 Å². The average molecular weight is 300 g/mol. The van der Waals surface area contributed by atoms with Gasteiger partial charge < -0.3 is 10.5 Å². The summed E-state index contributed by atoms with van der Waals surface area (Å²) in [5, 5.41) is 0. The largest absolute Gasteiger partial charge is 0.383 e. The molecule has 0 radical (unpaired) electrons. The molecule has 2 N–H and O–H groups in total. The Bertz CT molecular complexity index is 515. The van der Waals surface area contributed by atoms with Crippen molar-refractivity contribution in [2.45, 2.75) is 32.2 Å². The number of hydrogen-bond donors (Lipinski definition) is 1. The molecule has 0 amide bonds.